The second-order valence-corrected chi connectivity index (χ2v) is 9.34. The zero-order chi connectivity index (χ0) is 23.9. The van der Waals surface area contributed by atoms with Crippen LogP contribution >= 0.6 is 0 Å². The van der Waals surface area contributed by atoms with Crippen molar-refractivity contribution in [3.05, 3.63) is 28.9 Å². The first-order valence-corrected chi connectivity index (χ1v) is 10.9. The molecule has 0 bridgehead atoms. The normalized spacial score (nSPS) is 14.2. The summed E-state index contributed by atoms with van der Waals surface area (Å²) in [7, 11) is 5.86. The third kappa shape index (κ3) is 7.65. The standard InChI is InChI=1S/C24H36N6O2/c1-9-25-20(15-17(2)32-14-13-29(6)7)22-26-19-12-10-11-18(19)23(27-22)30(8)16-21(31)28-24(3,4)5/h1,15H,10-14,16H2,2-8H3,(H,28,31)/b17-15+,25-20?. The van der Waals surface area contributed by atoms with Crippen molar-refractivity contribution >= 4 is 17.4 Å². The van der Waals surface area contributed by atoms with E-state index in [2.05, 4.69) is 16.4 Å². The lowest BCUT2D eigenvalue weighted by atomic mass is 10.1. The summed E-state index contributed by atoms with van der Waals surface area (Å²) in [5, 5.41) is 2.99. The van der Waals surface area contributed by atoms with E-state index in [9.17, 15) is 4.79 Å². The van der Waals surface area contributed by atoms with E-state index in [1.807, 2.05) is 58.6 Å². The van der Waals surface area contributed by atoms with Gasteiger partial charge in [0.1, 0.15) is 18.1 Å². The summed E-state index contributed by atoms with van der Waals surface area (Å²) in [5.74, 6) is 1.81. The Morgan fingerprint density at radius 3 is 2.62 bits per heavy atom. The number of hydrogen-bond acceptors (Lipinski definition) is 7. The Balaban J connectivity index is 2.32. The second kappa shape index (κ2) is 11.1. The van der Waals surface area contributed by atoms with Crippen molar-refractivity contribution in [2.24, 2.45) is 4.99 Å². The van der Waals surface area contributed by atoms with Crippen molar-refractivity contribution in [2.45, 2.75) is 52.5 Å². The number of aromatic nitrogens is 2. The highest BCUT2D eigenvalue weighted by Crippen LogP contribution is 2.28. The average Bonchev–Trinajstić information content (AvgIpc) is 3.13. The molecule has 0 radical (unpaired) electrons. The quantitative estimate of drug-likeness (QED) is 0.360. The molecule has 1 heterocycles. The fourth-order valence-corrected chi connectivity index (χ4v) is 3.43. The Labute approximate surface area is 192 Å². The van der Waals surface area contributed by atoms with Crippen LogP contribution in [-0.2, 0) is 22.4 Å². The van der Waals surface area contributed by atoms with E-state index < -0.39 is 0 Å². The van der Waals surface area contributed by atoms with Crippen LogP contribution in [0.4, 0.5) is 5.82 Å². The number of carbonyl (C=O) groups excluding carboxylic acids is 1. The van der Waals surface area contributed by atoms with Gasteiger partial charge < -0.3 is 19.9 Å². The summed E-state index contributed by atoms with van der Waals surface area (Å²) < 4.78 is 5.77. The topological polar surface area (TPSA) is 83.0 Å². The molecule has 2 rings (SSSR count). The number of aryl methyl sites for hydroxylation is 1. The molecule has 0 saturated heterocycles. The maximum Gasteiger partial charge on any atom is 0.239 e. The van der Waals surface area contributed by atoms with Gasteiger partial charge in [-0.3, -0.25) is 4.79 Å². The smallest absolute Gasteiger partial charge is 0.239 e. The number of carbonyl (C=O) groups is 1. The molecule has 0 unspecified atom stereocenters. The second-order valence-electron chi connectivity index (χ2n) is 9.34. The Hall–Kier alpha value is -2.92. The predicted molar refractivity (Wildman–Crippen MR) is 129 cm³/mol. The fourth-order valence-electron chi connectivity index (χ4n) is 3.43. The van der Waals surface area contributed by atoms with Crippen molar-refractivity contribution in [3.63, 3.8) is 0 Å². The number of fused-ring (bicyclic) bond motifs is 1. The van der Waals surface area contributed by atoms with E-state index in [1.165, 1.54) is 0 Å². The molecule has 1 N–H and O–H groups in total. The van der Waals surface area contributed by atoms with Crippen LogP contribution in [0.5, 0.6) is 0 Å². The molecule has 0 aromatic carbocycles. The molecule has 1 aliphatic carbocycles. The number of hydrogen-bond donors (Lipinski definition) is 1. The number of terminal acetylenes is 1. The first kappa shape index (κ1) is 25.3. The molecular weight excluding hydrogens is 404 g/mol. The summed E-state index contributed by atoms with van der Waals surface area (Å²) in [4.78, 5) is 30.1. The van der Waals surface area contributed by atoms with Crippen molar-refractivity contribution in [2.75, 3.05) is 45.7 Å². The number of aliphatic imine (C=N–C) groups is 1. The van der Waals surface area contributed by atoms with E-state index >= 15 is 0 Å². The van der Waals surface area contributed by atoms with Gasteiger partial charge in [0.2, 0.25) is 5.91 Å². The van der Waals surface area contributed by atoms with Gasteiger partial charge in [0, 0.05) is 42.5 Å². The van der Waals surface area contributed by atoms with Crippen LogP contribution in [0.2, 0.25) is 0 Å². The SMILES string of the molecule is C#CN=C(/C=C(\C)OCCN(C)C)c1nc2c(c(N(C)CC(=O)NC(C)(C)C)n1)CCC2. The molecule has 0 spiro atoms. The molecule has 1 aromatic rings. The molecule has 1 aliphatic rings. The molecule has 0 atom stereocenters. The monoisotopic (exact) mass is 440 g/mol. The lowest BCUT2D eigenvalue weighted by Gasteiger charge is -2.25. The summed E-state index contributed by atoms with van der Waals surface area (Å²) in [6.45, 7) is 9.30. The molecule has 8 nitrogen and oxygen atoms in total. The zero-order valence-corrected chi connectivity index (χ0v) is 20.4. The molecule has 1 aromatic heterocycles. The molecule has 32 heavy (non-hydrogen) atoms. The van der Waals surface area contributed by atoms with Crippen molar-refractivity contribution in [3.8, 4) is 12.5 Å². The third-order valence-corrected chi connectivity index (χ3v) is 4.79. The molecule has 1 amide bonds. The largest absolute Gasteiger partial charge is 0.497 e. The van der Waals surface area contributed by atoms with Gasteiger partial charge >= 0.3 is 0 Å². The van der Waals surface area contributed by atoms with Gasteiger partial charge in [0.05, 0.1) is 12.3 Å². The maximum absolute atomic E-state index is 12.5. The van der Waals surface area contributed by atoms with Gasteiger partial charge in [-0.2, -0.15) is 4.99 Å². The van der Waals surface area contributed by atoms with Gasteiger partial charge in [-0.1, -0.05) is 6.42 Å². The summed E-state index contributed by atoms with van der Waals surface area (Å²) >= 11 is 0. The number of amides is 1. The minimum Gasteiger partial charge on any atom is -0.497 e. The van der Waals surface area contributed by atoms with Crippen LogP contribution < -0.4 is 10.2 Å². The number of nitrogens with one attached hydrogen (secondary N) is 1. The van der Waals surface area contributed by atoms with E-state index in [1.54, 1.807) is 6.08 Å². The zero-order valence-electron chi connectivity index (χ0n) is 20.4. The molecule has 0 saturated carbocycles. The highest BCUT2D eigenvalue weighted by atomic mass is 16.5. The first-order chi connectivity index (χ1) is 15.0. The van der Waals surface area contributed by atoms with Crippen LogP contribution in [0.3, 0.4) is 0 Å². The number of ether oxygens (including phenoxy) is 1. The number of anilines is 1. The van der Waals surface area contributed by atoms with Gasteiger partial charge in [0.15, 0.2) is 5.82 Å². The summed E-state index contributed by atoms with van der Waals surface area (Å²) in [6, 6.07) is 2.34. The fraction of sp³-hybridized carbons (Fsp3) is 0.583. The van der Waals surface area contributed by atoms with Gasteiger partial charge in [-0.05, 0) is 61.1 Å². The van der Waals surface area contributed by atoms with Crippen LogP contribution in [0, 0.1) is 12.5 Å². The van der Waals surface area contributed by atoms with Gasteiger partial charge in [-0.25, -0.2) is 9.97 Å². The number of likely N-dealkylation sites (N-methyl/N-ethyl adjacent to an activating group) is 2. The predicted octanol–water partition coefficient (Wildman–Crippen LogP) is 2.18. The number of nitrogens with zero attached hydrogens (tertiary/aromatic N) is 5. The van der Waals surface area contributed by atoms with E-state index in [4.69, 9.17) is 21.1 Å². The summed E-state index contributed by atoms with van der Waals surface area (Å²) in [5.41, 5.74) is 2.25. The van der Waals surface area contributed by atoms with Crippen molar-refractivity contribution in [1.82, 2.24) is 20.2 Å². The minimum atomic E-state index is -0.293. The van der Waals surface area contributed by atoms with E-state index in [0.29, 0.717) is 23.9 Å². The van der Waals surface area contributed by atoms with Crippen molar-refractivity contribution < 1.29 is 9.53 Å². The highest BCUT2D eigenvalue weighted by molar-refractivity contribution is 6.07. The van der Waals surface area contributed by atoms with Crippen LogP contribution in [0.15, 0.2) is 16.8 Å². The van der Waals surface area contributed by atoms with E-state index in [0.717, 1.165) is 42.9 Å². The van der Waals surface area contributed by atoms with Gasteiger partial charge in [0.25, 0.3) is 0 Å². The minimum absolute atomic E-state index is 0.0607. The molecular formula is C24H36N6O2. The van der Waals surface area contributed by atoms with Crippen LogP contribution in [-0.4, -0.2) is 72.9 Å². The third-order valence-electron chi connectivity index (χ3n) is 4.79. The lowest BCUT2D eigenvalue weighted by Crippen LogP contribution is -2.45. The number of allylic oxidation sites excluding steroid dienone is 2. The first-order valence-electron chi connectivity index (χ1n) is 10.9. The lowest BCUT2D eigenvalue weighted by molar-refractivity contribution is -0.121. The van der Waals surface area contributed by atoms with Gasteiger partial charge in [-0.15, -0.1) is 0 Å². The molecule has 8 heteroatoms. The highest BCUT2D eigenvalue weighted by Gasteiger charge is 2.24. The van der Waals surface area contributed by atoms with Crippen molar-refractivity contribution in [1.29, 1.82) is 0 Å². The Morgan fingerprint density at radius 1 is 1.28 bits per heavy atom. The Kier molecular flexibility index (Phi) is 8.79. The Bertz CT molecular complexity index is 922. The molecule has 0 aliphatic heterocycles. The molecule has 174 valence electrons. The van der Waals surface area contributed by atoms with Crippen LogP contribution in [0.1, 0.15) is 51.2 Å². The average molecular weight is 441 g/mol. The number of rotatable bonds is 9. The van der Waals surface area contributed by atoms with E-state index in [-0.39, 0.29) is 18.0 Å². The maximum atomic E-state index is 12.5. The molecule has 0 fully saturated rings. The Morgan fingerprint density at radius 2 is 2.00 bits per heavy atom. The summed E-state index contributed by atoms with van der Waals surface area (Å²) in [6.07, 6.45) is 10.0. The van der Waals surface area contributed by atoms with Crippen LogP contribution in [0.25, 0.3) is 0 Å².